The third-order valence-electron chi connectivity index (χ3n) is 4.58. The molecule has 0 radical (unpaired) electrons. The Morgan fingerprint density at radius 1 is 1.00 bits per heavy atom. The van der Waals surface area contributed by atoms with E-state index in [1.165, 1.54) is 5.56 Å². The third kappa shape index (κ3) is 5.04. The molecule has 29 heavy (non-hydrogen) atoms. The highest BCUT2D eigenvalue weighted by molar-refractivity contribution is 5.94. The summed E-state index contributed by atoms with van der Waals surface area (Å²) in [5.74, 6) is 1.08. The number of carbonyl (C=O) groups excluding carboxylic acids is 1. The normalized spacial score (nSPS) is 10.3. The second kappa shape index (κ2) is 9.59. The van der Waals surface area contributed by atoms with Crippen molar-refractivity contribution in [2.24, 2.45) is 0 Å². The SMILES string of the molecule is CCc1ccccc1Nc1cncc(C(=O)NCc2ccc(OC)c(OC)c2)c1. The summed E-state index contributed by atoms with van der Waals surface area (Å²) in [6.07, 6.45) is 4.18. The van der Waals surface area contributed by atoms with Crippen molar-refractivity contribution in [3.8, 4) is 11.5 Å². The molecule has 6 heteroatoms. The number of benzene rings is 2. The van der Waals surface area contributed by atoms with Crippen LogP contribution in [-0.4, -0.2) is 25.1 Å². The van der Waals surface area contributed by atoms with Crippen molar-refractivity contribution in [3.05, 3.63) is 77.6 Å². The molecular formula is C23H25N3O3. The van der Waals surface area contributed by atoms with Crippen LogP contribution in [0.5, 0.6) is 11.5 Å². The van der Waals surface area contributed by atoms with Gasteiger partial charge in [-0.25, -0.2) is 0 Å². The standard InChI is InChI=1S/C23H25N3O3/c1-4-17-7-5-6-8-20(17)26-19-12-18(14-24-15-19)23(27)25-13-16-9-10-21(28-2)22(11-16)29-3/h5-12,14-15,26H,4,13H2,1-3H3,(H,25,27). The molecule has 0 aliphatic rings. The molecule has 0 unspecified atom stereocenters. The molecule has 0 bridgehead atoms. The zero-order valence-electron chi connectivity index (χ0n) is 16.9. The van der Waals surface area contributed by atoms with Gasteiger partial charge in [0.25, 0.3) is 5.91 Å². The number of aryl methyl sites for hydroxylation is 1. The van der Waals surface area contributed by atoms with Gasteiger partial charge in [0.2, 0.25) is 0 Å². The van der Waals surface area contributed by atoms with Crippen LogP contribution in [0.25, 0.3) is 0 Å². The van der Waals surface area contributed by atoms with Crippen LogP contribution >= 0.6 is 0 Å². The van der Waals surface area contributed by atoms with Crippen LogP contribution in [0.2, 0.25) is 0 Å². The summed E-state index contributed by atoms with van der Waals surface area (Å²) in [6.45, 7) is 2.48. The van der Waals surface area contributed by atoms with Crippen molar-refractivity contribution in [1.29, 1.82) is 0 Å². The van der Waals surface area contributed by atoms with Crippen molar-refractivity contribution < 1.29 is 14.3 Å². The van der Waals surface area contributed by atoms with Gasteiger partial charge in [0.05, 0.1) is 31.7 Å². The Morgan fingerprint density at radius 2 is 1.79 bits per heavy atom. The number of hydrogen-bond donors (Lipinski definition) is 2. The molecule has 0 spiro atoms. The first-order chi connectivity index (χ1) is 14.1. The molecule has 0 saturated heterocycles. The van der Waals surface area contributed by atoms with E-state index in [2.05, 4.69) is 28.6 Å². The van der Waals surface area contributed by atoms with E-state index in [0.717, 1.165) is 23.4 Å². The topological polar surface area (TPSA) is 72.5 Å². The Kier molecular flexibility index (Phi) is 6.68. The Morgan fingerprint density at radius 3 is 2.55 bits per heavy atom. The second-order valence-corrected chi connectivity index (χ2v) is 6.47. The molecule has 1 heterocycles. The van der Waals surface area contributed by atoms with Crippen LogP contribution < -0.4 is 20.1 Å². The zero-order chi connectivity index (χ0) is 20.6. The summed E-state index contributed by atoms with van der Waals surface area (Å²) in [5, 5.41) is 6.26. The molecule has 3 aromatic rings. The lowest BCUT2D eigenvalue weighted by molar-refractivity contribution is 0.0950. The van der Waals surface area contributed by atoms with E-state index in [9.17, 15) is 4.79 Å². The number of carbonyl (C=O) groups is 1. The Bertz CT molecular complexity index is 989. The average molecular weight is 391 g/mol. The fraction of sp³-hybridized carbons (Fsp3) is 0.217. The van der Waals surface area contributed by atoms with E-state index < -0.39 is 0 Å². The monoisotopic (exact) mass is 391 g/mol. The van der Waals surface area contributed by atoms with E-state index in [1.54, 1.807) is 32.7 Å². The van der Waals surface area contributed by atoms with Crippen molar-refractivity contribution in [2.45, 2.75) is 19.9 Å². The van der Waals surface area contributed by atoms with Crippen LogP contribution in [0.15, 0.2) is 60.9 Å². The van der Waals surface area contributed by atoms with Crippen molar-refractivity contribution >= 4 is 17.3 Å². The lowest BCUT2D eigenvalue weighted by Crippen LogP contribution is -2.23. The molecule has 6 nitrogen and oxygen atoms in total. The third-order valence-corrected chi connectivity index (χ3v) is 4.58. The number of hydrogen-bond acceptors (Lipinski definition) is 5. The number of para-hydroxylation sites is 1. The minimum absolute atomic E-state index is 0.195. The summed E-state index contributed by atoms with van der Waals surface area (Å²) in [6, 6.07) is 15.4. The number of anilines is 2. The summed E-state index contributed by atoms with van der Waals surface area (Å²) < 4.78 is 10.5. The molecule has 0 fully saturated rings. The average Bonchev–Trinajstić information content (AvgIpc) is 2.77. The zero-order valence-corrected chi connectivity index (χ0v) is 16.9. The molecule has 0 aliphatic carbocycles. The van der Waals surface area contributed by atoms with Gasteiger partial charge < -0.3 is 20.1 Å². The highest BCUT2D eigenvalue weighted by Crippen LogP contribution is 2.27. The first kappa shape index (κ1) is 20.2. The number of nitrogens with zero attached hydrogens (tertiary/aromatic N) is 1. The smallest absolute Gasteiger partial charge is 0.253 e. The minimum Gasteiger partial charge on any atom is -0.493 e. The molecule has 2 N–H and O–H groups in total. The molecule has 0 saturated carbocycles. The summed E-state index contributed by atoms with van der Waals surface area (Å²) in [7, 11) is 3.17. The highest BCUT2D eigenvalue weighted by atomic mass is 16.5. The van der Waals surface area contributed by atoms with Crippen LogP contribution in [0.4, 0.5) is 11.4 Å². The van der Waals surface area contributed by atoms with Gasteiger partial charge >= 0.3 is 0 Å². The number of ether oxygens (including phenoxy) is 2. The van der Waals surface area contributed by atoms with E-state index in [1.807, 2.05) is 36.4 Å². The molecule has 0 atom stereocenters. The fourth-order valence-electron chi connectivity index (χ4n) is 3.01. The van der Waals surface area contributed by atoms with E-state index >= 15 is 0 Å². The van der Waals surface area contributed by atoms with Gasteiger partial charge in [-0.1, -0.05) is 31.2 Å². The molecule has 150 valence electrons. The lowest BCUT2D eigenvalue weighted by atomic mass is 10.1. The van der Waals surface area contributed by atoms with Crippen LogP contribution in [0.3, 0.4) is 0 Å². The molecule has 1 aromatic heterocycles. The Labute approximate surface area is 170 Å². The summed E-state index contributed by atoms with van der Waals surface area (Å²) in [5.41, 5.74) is 4.39. The van der Waals surface area contributed by atoms with Gasteiger partial charge in [0, 0.05) is 18.4 Å². The lowest BCUT2D eigenvalue weighted by Gasteiger charge is -2.12. The molecule has 3 rings (SSSR count). The number of aromatic nitrogens is 1. The maximum Gasteiger partial charge on any atom is 0.253 e. The van der Waals surface area contributed by atoms with E-state index in [-0.39, 0.29) is 5.91 Å². The Hall–Kier alpha value is -3.54. The van der Waals surface area contributed by atoms with Crippen LogP contribution in [0.1, 0.15) is 28.4 Å². The van der Waals surface area contributed by atoms with E-state index in [4.69, 9.17) is 9.47 Å². The molecule has 0 aliphatic heterocycles. The highest BCUT2D eigenvalue weighted by Gasteiger charge is 2.10. The predicted octanol–water partition coefficient (Wildman–Crippen LogP) is 4.33. The van der Waals surface area contributed by atoms with E-state index in [0.29, 0.717) is 23.6 Å². The fourth-order valence-corrected chi connectivity index (χ4v) is 3.01. The van der Waals surface area contributed by atoms with Gasteiger partial charge in [-0.3, -0.25) is 9.78 Å². The van der Waals surface area contributed by atoms with Crippen molar-refractivity contribution in [3.63, 3.8) is 0 Å². The van der Waals surface area contributed by atoms with Gasteiger partial charge in [-0.2, -0.15) is 0 Å². The first-order valence-electron chi connectivity index (χ1n) is 9.43. The van der Waals surface area contributed by atoms with Gasteiger partial charge in [0.1, 0.15) is 0 Å². The number of nitrogens with one attached hydrogen (secondary N) is 2. The summed E-state index contributed by atoms with van der Waals surface area (Å²) >= 11 is 0. The quantitative estimate of drug-likeness (QED) is 0.598. The number of amides is 1. The first-order valence-corrected chi connectivity index (χ1v) is 9.43. The van der Waals surface area contributed by atoms with Gasteiger partial charge in [0.15, 0.2) is 11.5 Å². The number of pyridine rings is 1. The van der Waals surface area contributed by atoms with Crippen molar-refractivity contribution in [2.75, 3.05) is 19.5 Å². The molecule has 2 aromatic carbocycles. The second-order valence-electron chi connectivity index (χ2n) is 6.47. The number of methoxy groups -OCH3 is 2. The van der Waals surface area contributed by atoms with Crippen LogP contribution in [-0.2, 0) is 13.0 Å². The van der Waals surface area contributed by atoms with Gasteiger partial charge in [-0.05, 0) is 41.8 Å². The maximum atomic E-state index is 12.6. The summed E-state index contributed by atoms with van der Waals surface area (Å²) in [4.78, 5) is 16.8. The van der Waals surface area contributed by atoms with Crippen LogP contribution in [0, 0.1) is 0 Å². The largest absolute Gasteiger partial charge is 0.493 e. The predicted molar refractivity (Wildman–Crippen MR) is 114 cm³/mol. The molecule has 1 amide bonds. The maximum absolute atomic E-state index is 12.6. The van der Waals surface area contributed by atoms with Crippen molar-refractivity contribution in [1.82, 2.24) is 10.3 Å². The Balaban J connectivity index is 1.68. The number of rotatable bonds is 8. The minimum atomic E-state index is -0.195. The molecular weight excluding hydrogens is 366 g/mol. The van der Waals surface area contributed by atoms with Gasteiger partial charge in [-0.15, -0.1) is 0 Å².